The molecular formula is C24H24FN3O3. The molecule has 0 bridgehead atoms. The number of rotatable bonds is 7. The number of benzene rings is 1. The quantitative estimate of drug-likeness (QED) is 0.334. The maximum absolute atomic E-state index is 14.4. The van der Waals surface area contributed by atoms with Crippen LogP contribution in [0, 0.1) is 12.7 Å². The molecular weight excluding hydrogens is 397 g/mol. The summed E-state index contributed by atoms with van der Waals surface area (Å²) in [5.74, 6) is -0.126. The Labute approximate surface area is 179 Å². The van der Waals surface area contributed by atoms with E-state index in [-0.39, 0.29) is 18.1 Å². The Morgan fingerprint density at radius 1 is 1.39 bits per heavy atom. The molecule has 2 heterocycles. The van der Waals surface area contributed by atoms with Crippen molar-refractivity contribution in [1.82, 2.24) is 4.98 Å². The predicted octanol–water partition coefficient (Wildman–Crippen LogP) is 4.87. The Morgan fingerprint density at radius 3 is 2.87 bits per heavy atom. The van der Waals surface area contributed by atoms with Gasteiger partial charge in [-0.25, -0.2) is 19.2 Å². The van der Waals surface area contributed by atoms with Crippen LogP contribution in [-0.2, 0) is 12.8 Å². The molecule has 7 heteroatoms. The Balaban J connectivity index is 2.06. The van der Waals surface area contributed by atoms with Gasteiger partial charge in [0, 0.05) is 35.8 Å². The van der Waals surface area contributed by atoms with Crippen molar-refractivity contribution in [3.05, 3.63) is 87.5 Å². The minimum atomic E-state index is -0.624. The van der Waals surface area contributed by atoms with Gasteiger partial charge in [-0.05, 0) is 61.7 Å². The average Bonchev–Trinajstić information content (AvgIpc) is 2.73. The summed E-state index contributed by atoms with van der Waals surface area (Å²) in [6, 6.07) is 5.04. The zero-order valence-electron chi connectivity index (χ0n) is 17.7. The van der Waals surface area contributed by atoms with Gasteiger partial charge in [-0.1, -0.05) is 13.0 Å². The van der Waals surface area contributed by atoms with Crippen LogP contribution in [0.25, 0.3) is 11.0 Å². The second-order valence-electron chi connectivity index (χ2n) is 6.96. The molecule has 6 nitrogen and oxygen atoms in total. The Kier molecular flexibility index (Phi) is 6.65. The monoisotopic (exact) mass is 421 g/mol. The van der Waals surface area contributed by atoms with E-state index in [1.54, 1.807) is 18.4 Å². The standard InChI is InChI=1S/C24H24FN3O3/c1-5-7-9-27-15(4)30-20-13-21-18(11-14(20)3)17(6-2)19(24(29)31-21)12-16-8-10-28-23(26)22(16)25/h5,7-11,13H,4,6,12H2,1-3H3,(H2,26,28)/b7-5-,27-9?. The molecule has 2 aromatic heterocycles. The number of fused-ring (bicyclic) bond motifs is 1. The third kappa shape index (κ3) is 4.71. The van der Waals surface area contributed by atoms with Gasteiger partial charge in [-0.3, -0.25) is 0 Å². The molecule has 0 saturated carbocycles. The number of hydrogen-bond donors (Lipinski definition) is 1. The number of aromatic nitrogens is 1. The minimum absolute atomic E-state index is 0.0633. The SMILES string of the molecule is C=C(N=C/C=C\C)Oc1cc2oc(=O)c(Cc3ccnc(N)c3F)c(CC)c2cc1C. The molecule has 1 aromatic carbocycles. The lowest BCUT2D eigenvalue weighted by Gasteiger charge is -2.14. The molecule has 0 unspecified atom stereocenters. The van der Waals surface area contributed by atoms with E-state index in [9.17, 15) is 9.18 Å². The summed E-state index contributed by atoms with van der Waals surface area (Å²) in [6.45, 7) is 9.47. The smallest absolute Gasteiger partial charge is 0.340 e. The van der Waals surface area contributed by atoms with Gasteiger partial charge in [0.25, 0.3) is 0 Å². The summed E-state index contributed by atoms with van der Waals surface area (Å²) in [5.41, 5.74) is 7.72. The van der Waals surface area contributed by atoms with E-state index < -0.39 is 11.4 Å². The average molecular weight is 421 g/mol. The molecule has 0 fully saturated rings. The van der Waals surface area contributed by atoms with Gasteiger partial charge in [0.05, 0.1) is 0 Å². The fraction of sp³-hybridized carbons (Fsp3) is 0.208. The van der Waals surface area contributed by atoms with Crippen LogP contribution in [0.5, 0.6) is 5.75 Å². The highest BCUT2D eigenvalue weighted by molar-refractivity contribution is 5.84. The fourth-order valence-electron chi connectivity index (χ4n) is 3.32. The summed E-state index contributed by atoms with van der Waals surface area (Å²) >= 11 is 0. The van der Waals surface area contributed by atoms with Gasteiger partial charge in [0.15, 0.2) is 11.6 Å². The van der Waals surface area contributed by atoms with E-state index in [1.165, 1.54) is 12.3 Å². The highest BCUT2D eigenvalue weighted by Gasteiger charge is 2.18. The summed E-state index contributed by atoms with van der Waals surface area (Å²) in [5, 5.41) is 0.771. The maximum atomic E-state index is 14.4. The van der Waals surface area contributed by atoms with Gasteiger partial charge in [0.1, 0.15) is 11.3 Å². The summed E-state index contributed by atoms with van der Waals surface area (Å²) in [6.07, 6.45) is 7.22. The number of halogens is 1. The molecule has 31 heavy (non-hydrogen) atoms. The zero-order chi connectivity index (χ0) is 22.5. The molecule has 3 rings (SSSR count). The number of ether oxygens (including phenoxy) is 1. The van der Waals surface area contributed by atoms with Crippen LogP contribution >= 0.6 is 0 Å². The van der Waals surface area contributed by atoms with Gasteiger partial charge >= 0.3 is 5.63 Å². The number of nitrogens with zero attached hydrogens (tertiary/aromatic N) is 2. The van der Waals surface area contributed by atoms with E-state index >= 15 is 0 Å². The highest BCUT2D eigenvalue weighted by Crippen LogP contribution is 2.30. The lowest BCUT2D eigenvalue weighted by molar-refractivity contribution is 0.420. The highest BCUT2D eigenvalue weighted by atomic mass is 19.1. The number of nitrogen functional groups attached to an aromatic ring is 1. The van der Waals surface area contributed by atoms with Crippen molar-refractivity contribution in [2.45, 2.75) is 33.6 Å². The molecule has 0 aliphatic rings. The molecule has 2 N–H and O–H groups in total. The van der Waals surface area contributed by atoms with E-state index in [0.717, 1.165) is 16.5 Å². The van der Waals surface area contributed by atoms with Crippen LogP contribution < -0.4 is 16.1 Å². The molecule has 0 aliphatic heterocycles. The van der Waals surface area contributed by atoms with Crippen molar-refractivity contribution in [2.24, 2.45) is 4.99 Å². The molecule has 0 amide bonds. The number of allylic oxidation sites excluding steroid dienone is 2. The molecule has 0 radical (unpaired) electrons. The number of hydrogen-bond acceptors (Lipinski definition) is 6. The zero-order valence-corrected chi connectivity index (χ0v) is 17.7. The first-order valence-electron chi connectivity index (χ1n) is 9.85. The molecule has 0 atom stereocenters. The van der Waals surface area contributed by atoms with Crippen LogP contribution in [-0.4, -0.2) is 11.2 Å². The first-order chi connectivity index (χ1) is 14.8. The van der Waals surface area contributed by atoms with E-state index in [1.807, 2.05) is 32.9 Å². The Hall–Kier alpha value is -3.74. The van der Waals surface area contributed by atoms with Crippen LogP contribution in [0.3, 0.4) is 0 Å². The van der Waals surface area contributed by atoms with Crippen LogP contribution in [0.4, 0.5) is 10.2 Å². The second-order valence-corrected chi connectivity index (χ2v) is 6.96. The Bertz CT molecular complexity index is 1260. The third-order valence-electron chi connectivity index (χ3n) is 4.86. The maximum Gasteiger partial charge on any atom is 0.340 e. The first-order valence-corrected chi connectivity index (χ1v) is 9.85. The Morgan fingerprint density at radius 2 is 2.16 bits per heavy atom. The lowest BCUT2D eigenvalue weighted by atomic mass is 9.96. The predicted molar refractivity (Wildman–Crippen MR) is 121 cm³/mol. The van der Waals surface area contributed by atoms with Crippen molar-refractivity contribution >= 4 is 23.0 Å². The molecule has 0 spiro atoms. The summed E-state index contributed by atoms with van der Waals surface area (Å²) < 4.78 is 25.6. The number of anilines is 1. The van der Waals surface area contributed by atoms with Gasteiger partial charge in [-0.2, -0.15) is 0 Å². The second kappa shape index (κ2) is 9.38. The third-order valence-corrected chi connectivity index (χ3v) is 4.86. The largest absolute Gasteiger partial charge is 0.439 e. The fourth-order valence-corrected chi connectivity index (χ4v) is 3.32. The van der Waals surface area contributed by atoms with Crippen molar-refractivity contribution in [3.63, 3.8) is 0 Å². The van der Waals surface area contributed by atoms with Crippen LogP contribution in [0.2, 0.25) is 0 Å². The van der Waals surface area contributed by atoms with Crippen LogP contribution in [0.15, 0.2) is 63.2 Å². The van der Waals surface area contributed by atoms with Gasteiger partial charge < -0.3 is 14.9 Å². The van der Waals surface area contributed by atoms with Crippen molar-refractivity contribution in [3.8, 4) is 5.75 Å². The molecule has 160 valence electrons. The van der Waals surface area contributed by atoms with Crippen LogP contribution in [0.1, 0.15) is 36.1 Å². The van der Waals surface area contributed by atoms with Gasteiger partial charge in [0.2, 0.25) is 5.88 Å². The molecule has 0 saturated heterocycles. The number of nitrogens with two attached hydrogens (primary N) is 1. The van der Waals surface area contributed by atoms with Crippen molar-refractivity contribution in [1.29, 1.82) is 0 Å². The van der Waals surface area contributed by atoms with E-state index in [2.05, 4.69) is 16.6 Å². The van der Waals surface area contributed by atoms with E-state index in [0.29, 0.717) is 28.9 Å². The molecule has 0 aliphatic carbocycles. The number of aryl methyl sites for hydroxylation is 2. The van der Waals surface area contributed by atoms with Crippen molar-refractivity contribution < 1.29 is 13.5 Å². The summed E-state index contributed by atoms with van der Waals surface area (Å²) in [7, 11) is 0. The molecule has 3 aromatic rings. The number of aliphatic imine (C=N–C) groups is 1. The summed E-state index contributed by atoms with van der Waals surface area (Å²) in [4.78, 5) is 20.6. The van der Waals surface area contributed by atoms with Crippen molar-refractivity contribution in [2.75, 3.05) is 5.73 Å². The normalized spacial score (nSPS) is 11.6. The van der Waals surface area contributed by atoms with Gasteiger partial charge in [-0.15, -0.1) is 0 Å². The minimum Gasteiger partial charge on any atom is -0.439 e. The lowest BCUT2D eigenvalue weighted by Crippen LogP contribution is -2.14. The van der Waals surface area contributed by atoms with E-state index in [4.69, 9.17) is 14.9 Å². The topological polar surface area (TPSA) is 90.7 Å². The first kappa shape index (κ1) is 22.0. The number of pyridine rings is 1.